The minimum atomic E-state index is -0.282. The minimum absolute atomic E-state index is 0.141. The van der Waals surface area contributed by atoms with E-state index in [0.717, 1.165) is 12.8 Å². The van der Waals surface area contributed by atoms with E-state index in [1.54, 1.807) is 23.4 Å². The maximum absolute atomic E-state index is 12.0. The van der Waals surface area contributed by atoms with Gasteiger partial charge < -0.3 is 9.64 Å². The molecule has 0 saturated carbocycles. The van der Waals surface area contributed by atoms with Gasteiger partial charge in [-0.05, 0) is 30.5 Å². The van der Waals surface area contributed by atoms with Crippen molar-refractivity contribution in [1.82, 2.24) is 9.88 Å². The topological polar surface area (TPSA) is 42.4 Å². The number of nitrogens with zero attached hydrogens (tertiary/aromatic N) is 2. The number of hydrogen-bond acceptors (Lipinski definition) is 4. The number of carbonyl (C=O) groups excluding carboxylic acids is 1. The van der Waals surface area contributed by atoms with Crippen LogP contribution >= 0.6 is 12.6 Å². The highest BCUT2D eigenvalue weighted by atomic mass is 32.1. The lowest BCUT2D eigenvalue weighted by molar-refractivity contribution is 0.108. The van der Waals surface area contributed by atoms with E-state index in [0.29, 0.717) is 6.54 Å². The molecular weight excluding hydrogens is 260 g/mol. The SMILES string of the molecule is C=CCOC(=O)N1C[C@@H](S)C[C@H]1Cc1ccncc1. The van der Waals surface area contributed by atoms with Gasteiger partial charge in [-0.2, -0.15) is 12.6 Å². The number of pyridine rings is 1. The van der Waals surface area contributed by atoms with Gasteiger partial charge in [-0.15, -0.1) is 0 Å². The number of amides is 1. The predicted molar refractivity (Wildman–Crippen MR) is 77.4 cm³/mol. The van der Waals surface area contributed by atoms with E-state index >= 15 is 0 Å². The van der Waals surface area contributed by atoms with Crippen LogP contribution in [-0.2, 0) is 11.2 Å². The van der Waals surface area contributed by atoms with Crippen LogP contribution in [0.1, 0.15) is 12.0 Å². The van der Waals surface area contributed by atoms with E-state index in [2.05, 4.69) is 24.2 Å². The van der Waals surface area contributed by atoms with Crippen LogP contribution in [0.5, 0.6) is 0 Å². The van der Waals surface area contributed by atoms with E-state index in [9.17, 15) is 4.79 Å². The highest BCUT2D eigenvalue weighted by Crippen LogP contribution is 2.25. The van der Waals surface area contributed by atoms with Crippen molar-refractivity contribution in [3.8, 4) is 0 Å². The fraction of sp³-hybridized carbons (Fsp3) is 0.429. The summed E-state index contributed by atoms with van der Waals surface area (Å²) in [5, 5.41) is 0.211. The highest BCUT2D eigenvalue weighted by molar-refractivity contribution is 7.81. The molecule has 1 amide bonds. The van der Waals surface area contributed by atoms with Crippen molar-refractivity contribution in [2.24, 2.45) is 0 Å². The van der Waals surface area contributed by atoms with Crippen molar-refractivity contribution in [2.75, 3.05) is 13.2 Å². The molecule has 4 nitrogen and oxygen atoms in total. The number of thiol groups is 1. The Morgan fingerprint density at radius 2 is 2.32 bits per heavy atom. The Morgan fingerprint density at radius 3 is 3.00 bits per heavy atom. The zero-order chi connectivity index (χ0) is 13.7. The molecule has 0 radical (unpaired) electrons. The molecule has 5 heteroatoms. The van der Waals surface area contributed by atoms with Crippen molar-refractivity contribution in [2.45, 2.75) is 24.1 Å². The summed E-state index contributed by atoms with van der Waals surface area (Å²) in [6.45, 7) is 4.42. The third-order valence-corrected chi connectivity index (χ3v) is 3.55. The number of hydrogen-bond donors (Lipinski definition) is 1. The first-order chi connectivity index (χ1) is 9.20. The molecule has 2 rings (SSSR count). The fourth-order valence-electron chi connectivity index (χ4n) is 2.31. The van der Waals surface area contributed by atoms with Gasteiger partial charge in [0, 0.05) is 30.2 Å². The van der Waals surface area contributed by atoms with Gasteiger partial charge in [-0.3, -0.25) is 4.98 Å². The van der Waals surface area contributed by atoms with Gasteiger partial charge in [0.15, 0.2) is 0 Å². The van der Waals surface area contributed by atoms with Crippen LogP contribution in [0.25, 0.3) is 0 Å². The third-order valence-electron chi connectivity index (χ3n) is 3.17. The molecule has 1 aromatic heterocycles. The molecule has 0 aliphatic carbocycles. The van der Waals surface area contributed by atoms with Crippen LogP contribution in [0.4, 0.5) is 4.79 Å². The first kappa shape index (κ1) is 13.9. The molecule has 0 bridgehead atoms. The number of aromatic nitrogens is 1. The minimum Gasteiger partial charge on any atom is -0.445 e. The van der Waals surface area contributed by atoms with E-state index < -0.39 is 0 Å². The Bertz CT molecular complexity index is 438. The number of carbonyl (C=O) groups is 1. The largest absolute Gasteiger partial charge is 0.445 e. The Balaban J connectivity index is 2.01. The average molecular weight is 278 g/mol. The number of likely N-dealkylation sites (tertiary alicyclic amines) is 1. The summed E-state index contributed by atoms with van der Waals surface area (Å²) in [5.41, 5.74) is 1.17. The highest BCUT2D eigenvalue weighted by Gasteiger charge is 2.34. The second kappa shape index (κ2) is 6.61. The standard InChI is InChI=1S/C14H18N2O2S/c1-2-7-18-14(17)16-10-13(19)9-12(16)8-11-3-5-15-6-4-11/h2-6,12-13,19H,1,7-10H2/t12-,13+/m1/s1. The number of ether oxygens (including phenoxy) is 1. The summed E-state index contributed by atoms with van der Waals surface area (Å²) in [4.78, 5) is 17.7. The molecule has 2 heterocycles. The summed E-state index contributed by atoms with van der Waals surface area (Å²) in [6, 6.07) is 4.08. The lowest BCUT2D eigenvalue weighted by Gasteiger charge is -2.23. The van der Waals surface area contributed by atoms with E-state index in [-0.39, 0.29) is 24.0 Å². The fourth-order valence-corrected chi connectivity index (χ4v) is 2.73. The summed E-state index contributed by atoms with van der Waals surface area (Å²) in [7, 11) is 0. The van der Waals surface area contributed by atoms with Crippen molar-refractivity contribution >= 4 is 18.7 Å². The van der Waals surface area contributed by atoms with Gasteiger partial charge in [-0.25, -0.2) is 4.79 Å². The van der Waals surface area contributed by atoms with Crippen LogP contribution in [0, 0.1) is 0 Å². The van der Waals surface area contributed by atoms with Crippen LogP contribution in [0.3, 0.4) is 0 Å². The van der Waals surface area contributed by atoms with Gasteiger partial charge in [0.2, 0.25) is 0 Å². The smallest absolute Gasteiger partial charge is 0.410 e. The van der Waals surface area contributed by atoms with Gasteiger partial charge in [0.05, 0.1) is 0 Å². The van der Waals surface area contributed by atoms with Crippen molar-refractivity contribution in [3.05, 3.63) is 42.7 Å². The zero-order valence-corrected chi connectivity index (χ0v) is 11.6. The first-order valence-electron chi connectivity index (χ1n) is 6.32. The van der Waals surface area contributed by atoms with Gasteiger partial charge in [0.25, 0.3) is 0 Å². The lowest BCUT2D eigenvalue weighted by Crippen LogP contribution is -2.37. The van der Waals surface area contributed by atoms with Gasteiger partial charge >= 0.3 is 6.09 Å². The van der Waals surface area contributed by atoms with Crippen molar-refractivity contribution < 1.29 is 9.53 Å². The second-order valence-electron chi connectivity index (χ2n) is 4.62. The molecule has 1 aromatic rings. The average Bonchev–Trinajstić information content (AvgIpc) is 2.78. The summed E-state index contributed by atoms with van der Waals surface area (Å²) < 4.78 is 5.11. The van der Waals surface area contributed by atoms with Crippen LogP contribution in [0.15, 0.2) is 37.2 Å². The third kappa shape index (κ3) is 3.73. The van der Waals surface area contributed by atoms with Crippen LogP contribution in [-0.4, -0.2) is 40.4 Å². The van der Waals surface area contributed by atoms with Crippen molar-refractivity contribution in [1.29, 1.82) is 0 Å². The second-order valence-corrected chi connectivity index (χ2v) is 5.35. The summed E-state index contributed by atoms with van der Waals surface area (Å²) in [6.07, 6.45) is 6.52. The summed E-state index contributed by atoms with van der Waals surface area (Å²) in [5.74, 6) is 0. The van der Waals surface area contributed by atoms with E-state index in [1.165, 1.54) is 5.56 Å². The summed E-state index contributed by atoms with van der Waals surface area (Å²) >= 11 is 4.48. The van der Waals surface area contributed by atoms with Crippen LogP contribution < -0.4 is 0 Å². The van der Waals surface area contributed by atoms with Gasteiger partial charge in [0.1, 0.15) is 6.61 Å². The van der Waals surface area contributed by atoms with E-state index in [4.69, 9.17) is 4.74 Å². The monoisotopic (exact) mass is 278 g/mol. The molecule has 0 aromatic carbocycles. The van der Waals surface area contributed by atoms with Crippen molar-refractivity contribution in [3.63, 3.8) is 0 Å². The Morgan fingerprint density at radius 1 is 1.58 bits per heavy atom. The maximum Gasteiger partial charge on any atom is 0.410 e. The molecule has 0 N–H and O–H groups in total. The Hall–Kier alpha value is -1.49. The molecule has 1 saturated heterocycles. The molecule has 1 fully saturated rings. The quantitative estimate of drug-likeness (QED) is 0.679. The molecule has 1 aliphatic heterocycles. The normalized spacial score (nSPS) is 22.3. The molecule has 102 valence electrons. The molecule has 0 unspecified atom stereocenters. The molecular formula is C14H18N2O2S. The first-order valence-corrected chi connectivity index (χ1v) is 6.83. The molecule has 19 heavy (non-hydrogen) atoms. The maximum atomic E-state index is 12.0. The molecule has 0 spiro atoms. The van der Waals surface area contributed by atoms with E-state index in [1.807, 2.05) is 12.1 Å². The lowest BCUT2D eigenvalue weighted by atomic mass is 10.1. The Kier molecular flexibility index (Phi) is 4.85. The molecule has 1 aliphatic rings. The van der Waals surface area contributed by atoms with Crippen LogP contribution in [0.2, 0.25) is 0 Å². The van der Waals surface area contributed by atoms with Gasteiger partial charge in [-0.1, -0.05) is 12.7 Å². The predicted octanol–water partition coefficient (Wildman–Crippen LogP) is 2.32. The zero-order valence-electron chi connectivity index (χ0n) is 10.7. The Labute approximate surface area is 118 Å². The molecule has 2 atom stereocenters. The number of rotatable bonds is 4.